The van der Waals surface area contributed by atoms with Gasteiger partial charge in [0, 0.05) is 31.9 Å². The van der Waals surface area contributed by atoms with Crippen molar-refractivity contribution in [2.45, 2.75) is 45.3 Å². The quantitative estimate of drug-likeness (QED) is 0.826. The third-order valence-corrected chi connectivity index (χ3v) is 4.18. The predicted octanol–water partition coefficient (Wildman–Crippen LogP) is 3.36. The molecule has 0 aromatic heterocycles. The van der Waals surface area contributed by atoms with Crippen LogP contribution >= 0.6 is 0 Å². The van der Waals surface area contributed by atoms with E-state index in [4.69, 9.17) is 4.74 Å². The normalized spacial score (nSPS) is 20.4. The Morgan fingerprint density at radius 2 is 2.15 bits per heavy atom. The van der Waals surface area contributed by atoms with Gasteiger partial charge in [0.05, 0.1) is 6.10 Å². The Balaban J connectivity index is 2.17. The summed E-state index contributed by atoms with van der Waals surface area (Å²) in [5.74, 6) is 0. The van der Waals surface area contributed by atoms with Gasteiger partial charge in [0.2, 0.25) is 0 Å². The van der Waals surface area contributed by atoms with Gasteiger partial charge in [-0.2, -0.15) is 0 Å². The maximum Gasteiger partial charge on any atom is 0.0762 e. The first kappa shape index (κ1) is 15.3. The van der Waals surface area contributed by atoms with Crippen LogP contribution in [0.2, 0.25) is 0 Å². The van der Waals surface area contributed by atoms with Crippen LogP contribution in [-0.2, 0) is 4.74 Å². The van der Waals surface area contributed by atoms with E-state index in [2.05, 4.69) is 48.3 Å². The lowest BCUT2D eigenvalue weighted by atomic mass is 10.0. The molecule has 1 aromatic rings. The van der Waals surface area contributed by atoms with Gasteiger partial charge in [-0.25, -0.2) is 0 Å². The van der Waals surface area contributed by atoms with E-state index in [-0.39, 0.29) is 0 Å². The van der Waals surface area contributed by atoms with E-state index in [0.29, 0.717) is 12.1 Å². The van der Waals surface area contributed by atoms with Crippen LogP contribution < -0.4 is 10.2 Å². The molecule has 1 aromatic carbocycles. The molecule has 1 aliphatic heterocycles. The van der Waals surface area contributed by atoms with Crippen molar-refractivity contribution in [3.8, 4) is 0 Å². The lowest BCUT2D eigenvalue weighted by Gasteiger charge is -2.26. The molecular formula is C17H28N2O. The number of hydrogen-bond donors (Lipinski definition) is 1. The number of rotatable bonds is 7. The van der Waals surface area contributed by atoms with Crippen LogP contribution in [0.15, 0.2) is 24.3 Å². The van der Waals surface area contributed by atoms with Gasteiger partial charge in [-0.1, -0.05) is 32.0 Å². The van der Waals surface area contributed by atoms with E-state index in [0.717, 1.165) is 32.5 Å². The number of hydrogen-bond acceptors (Lipinski definition) is 3. The van der Waals surface area contributed by atoms with Crippen molar-refractivity contribution in [3.63, 3.8) is 0 Å². The minimum Gasteiger partial charge on any atom is -0.380 e. The van der Waals surface area contributed by atoms with Gasteiger partial charge in [0.1, 0.15) is 0 Å². The van der Waals surface area contributed by atoms with Crippen LogP contribution in [0.5, 0.6) is 0 Å². The summed E-state index contributed by atoms with van der Waals surface area (Å²) in [6.45, 7) is 7.66. The van der Waals surface area contributed by atoms with Crippen molar-refractivity contribution >= 4 is 5.69 Å². The average Bonchev–Trinajstić information content (AvgIpc) is 2.97. The molecule has 0 radical (unpaired) electrons. The number of nitrogens with one attached hydrogen (secondary N) is 1. The Kier molecular flexibility index (Phi) is 5.86. The smallest absolute Gasteiger partial charge is 0.0762 e. The van der Waals surface area contributed by atoms with Crippen molar-refractivity contribution in [2.75, 3.05) is 31.6 Å². The fraction of sp³-hybridized carbons (Fsp3) is 0.647. The van der Waals surface area contributed by atoms with Gasteiger partial charge in [0.25, 0.3) is 0 Å². The summed E-state index contributed by atoms with van der Waals surface area (Å²) in [5.41, 5.74) is 2.81. The molecule has 2 unspecified atom stereocenters. The predicted molar refractivity (Wildman–Crippen MR) is 85.4 cm³/mol. The molecule has 1 heterocycles. The molecule has 20 heavy (non-hydrogen) atoms. The van der Waals surface area contributed by atoms with Crippen LogP contribution in [0.4, 0.5) is 5.69 Å². The first-order valence-corrected chi connectivity index (χ1v) is 7.90. The zero-order valence-electron chi connectivity index (χ0n) is 13.1. The van der Waals surface area contributed by atoms with Gasteiger partial charge in [0.15, 0.2) is 0 Å². The Labute approximate surface area is 123 Å². The summed E-state index contributed by atoms with van der Waals surface area (Å²) in [6, 6.07) is 9.27. The first-order valence-electron chi connectivity index (χ1n) is 7.90. The molecule has 3 heteroatoms. The second-order valence-corrected chi connectivity index (χ2v) is 5.57. The fourth-order valence-electron chi connectivity index (χ4n) is 3.00. The van der Waals surface area contributed by atoms with Crippen molar-refractivity contribution in [2.24, 2.45) is 0 Å². The summed E-state index contributed by atoms with van der Waals surface area (Å²) in [5, 5.41) is 3.67. The second-order valence-electron chi connectivity index (χ2n) is 5.57. The van der Waals surface area contributed by atoms with Crippen LogP contribution in [-0.4, -0.2) is 32.8 Å². The van der Waals surface area contributed by atoms with Crippen LogP contribution in [0.1, 0.15) is 44.7 Å². The van der Waals surface area contributed by atoms with Crippen LogP contribution in [0.3, 0.4) is 0 Å². The number of methoxy groups -OCH3 is 1. The summed E-state index contributed by atoms with van der Waals surface area (Å²) < 4.78 is 5.50. The Bertz CT molecular complexity index is 387. The highest BCUT2D eigenvalue weighted by atomic mass is 16.5. The highest BCUT2D eigenvalue weighted by molar-refractivity contribution is 5.56. The minimum absolute atomic E-state index is 0.381. The molecule has 0 amide bonds. The van der Waals surface area contributed by atoms with Crippen LogP contribution in [0, 0.1) is 0 Å². The standard InChI is InChI=1S/C17H28N2O/c1-4-11-18-16(5-2)15-8-6-7-9-17(15)19-12-10-14(13-19)20-3/h6-9,14,16,18H,4-5,10-13H2,1-3H3. The monoisotopic (exact) mass is 276 g/mol. The average molecular weight is 276 g/mol. The maximum atomic E-state index is 5.50. The minimum atomic E-state index is 0.381. The molecule has 1 aliphatic rings. The van der Waals surface area contributed by atoms with E-state index in [1.807, 2.05) is 7.11 Å². The SMILES string of the molecule is CCCNC(CC)c1ccccc1N1CCC(OC)C1. The third kappa shape index (κ3) is 3.53. The van der Waals surface area contributed by atoms with E-state index in [1.54, 1.807) is 0 Å². The van der Waals surface area contributed by atoms with Crippen molar-refractivity contribution in [3.05, 3.63) is 29.8 Å². The van der Waals surface area contributed by atoms with Crippen molar-refractivity contribution < 1.29 is 4.74 Å². The Morgan fingerprint density at radius 3 is 2.80 bits per heavy atom. The number of anilines is 1. The van der Waals surface area contributed by atoms with Crippen molar-refractivity contribution in [1.29, 1.82) is 0 Å². The van der Waals surface area contributed by atoms with Gasteiger partial charge in [-0.15, -0.1) is 0 Å². The topological polar surface area (TPSA) is 24.5 Å². The number of ether oxygens (including phenoxy) is 1. The van der Waals surface area contributed by atoms with E-state index >= 15 is 0 Å². The second kappa shape index (κ2) is 7.65. The molecule has 0 aliphatic carbocycles. The molecule has 0 spiro atoms. The van der Waals surface area contributed by atoms with Gasteiger partial charge < -0.3 is 15.0 Å². The number of benzene rings is 1. The van der Waals surface area contributed by atoms with Gasteiger partial charge in [-0.3, -0.25) is 0 Å². The molecule has 0 saturated carbocycles. The molecule has 2 rings (SSSR count). The van der Waals surface area contributed by atoms with Crippen molar-refractivity contribution in [1.82, 2.24) is 5.32 Å². The highest BCUT2D eigenvalue weighted by Crippen LogP contribution is 2.31. The Hall–Kier alpha value is -1.06. The number of para-hydroxylation sites is 1. The fourth-order valence-corrected chi connectivity index (χ4v) is 3.00. The molecule has 1 N–H and O–H groups in total. The van der Waals surface area contributed by atoms with E-state index < -0.39 is 0 Å². The zero-order valence-corrected chi connectivity index (χ0v) is 13.1. The summed E-state index contributed by atoms with van der Waals surface area (Å²) >= 11 is 0. The van der Waals surface area contributed by atoms with E-state index in [1.165, 1.54) is 17.7 Å². The molecule has 1 saturated heterocycles. The number of nitrogens with zero attached hydrogens (tertiary/aromatic N) is 1. The Morgan fingerprint density at radius 1 is 1.35 bits per heavy atom. The third-order valence-electron chi connectivity index (χ3n) is 4.18. The molecule has 0 bridgehead atoms. The molecule has 3 nitrogen and oxygen atoms in total. The largest absolute Gasteiger partial charge is 0.380 e. The molecular weight excluding hydrogens is 248 g/mol. The molecule has 2 atom stereocenters. The lowest BCUT2D eigenvalue weighted by Crippen LogP contribution is -2.27. The summed E-state index contributed by atoms with van der Waals surface area (Å²) in [7, 11) is 1.82. The lowest BCUT2D eigenvalue weighted by molar-refractivity contribution is 0.121. The van der Waals surface area contributed by atoms with Crippen LogP contribution in [0.25, 0.3) is 0 Å². The maximum absolute atomic E-state index is 5.50. The summed E-state index contributed by atoms with van der Waals surface area (Å²) in [6.07, 6.45) is 3.81. The zero-order chi connectivity index (χ0) is 14.4. The highest BCUT2D eigenvalue weighted by Gasteiger charge is 2.25. The first-order chi connectivity index (χ1) is 9.80. The summed E-state index contributed by atoms with van der Waals surface area (Å²) in [4.78, 5) is 2.47. The van der Waals surface area contributed by atoms with Gasteiger partial charge in [-0.05, 0) is 37.4 Å². The molecule has 112 valence electrons. The molecule has 1 fully saturated rings. The van der Waals surface area contributed by atoms with E-state index in [9.17, 15) is 0 Å². The van der Waals surface area contributed by atoms with Gasteiger partial charge >= 0.3 is 0 Å².